The Morgan fingerprint density at radius 1 is 1.14 bits per heavy atom. The molecule has 0 aliphatic carbocycles. The summed E-state index contributed by atoms with van der Waals surface area (Å²) in [6.07, 6.45) is 11.4. The highest BCUT2D eigenvalue weighted by Crippen LogP contribution is 2.42. The van der Waals surface area contributed by atoms with Gasteiger partial charge in [0.2, 0.25) is 0 Å². The minimum atomic E-state index is 0.484. The van der Waals surface area contributed by atoms with Crippen LogP contribution in [-0.4, -0.2) is 10.9 Å². The van der Waals surface area contributed by atoms with E-state index in [9.17, 15) is 0 Å². The summed E-state index contributed by atoms with van der Waals surface area (Å²) in [6, 6.07) is 5.45. The summed E-state index contributed by atoms with van der Waals surface area (Å²) < 4.78 is 0. The fourth-order valence-electron chi connectivity index (χ4n) is 4.71. The molecular formula is C27H37N. The predicted octanol–water partition coefficient (Wildman–Crippen LogP) is 7.24. The number of aryl methyl sites for hydroxylation is 2. The largest absolute Gasteiger partial charge is 0.343 e. The summed E-state index contributed by atoms with van der Waals surface area (Å²) >= 11 is 0. The Labute approximate surface area is 172 Å². The lowest BCUT2D eigenvalue weighted by molar-refractivity contribution is 0.284. The van der Waals surface area contributed by atoms with E-state index in [2.05, 4.69) is 77.1 Å². The lowest BCUT2D eigenvalue weighted by Crippen LogP contribution is -2.41. The Kier molecular flexibility index (Phi) is 6.33. The van der Waals surface area contributed by atoms with E-state index in [4.69, 9.17) is 0 Å². The molecule has 0 saturated carbocycles. The normalized spacial score (nSPS) is 18.6. The number of rotatable bonds is 7. The van der Waals surface area contributed by atoms with E-state index in [-0.39, 0.29) is 0 Å². The smallest absolute Gasteiger partial charge is 0.0491 e. The lowest BCUT2D eigenvalue weighted by atomic mass is 9.81. The van der Waals surface area contributed by atoms with Crippen molar-refractivity contribution in [2.75, 3.05) is 0 Å². The highest BCUT2D eigenvalue weighted by Gasteiger charge is 2.33. The van der Waals surface area contributed by atoms with Crippen LogP contribution in [0.3, 0.4) is 0 Å². The van der Waals surface area contributed by atoms with Gasteiger partial charge in [-0.3, -0.25) is 0 Å². The number of allylic oxidation sites excluding steroid dienone is 4. The van der Waals surface area contributed by atoms with E-state index in [1.165, 1.54) is 46.4 Å². The molecule has 0 fully saturated rings. The van der Waals surface area contributed by atoms with Crippen LogP contribution in [0, 0.1) is 5.92 Å². The molecule has 0 aromatic heterocycles. The van der Waals surface area contributed by atoms with Crippen LogP contribution < -0.4 is 0 Å². The Bertz CT molecular complexity index is 834. The van der Waals surface area contributed by atoms with E-state index in [1.54, 1.807) is 5.56 Å². The number of hydrogen-bond donors (Lipinski definition) is 0. The molecule has 0 radical (unpaired) electrons. The topological polar surface area (TPSA) is 3.24 Å². The highest BCUT2D eigenvalue weighted by molar-refractivity contribution is 5.77. The van der Waals surface area contributed by atoms with Gasteiger partial charge < -0.3 is 4.90 Å². The minimum Gasteiger partial charge on any atom is -0.343 e. The molecule has 1 atom stereocenters. The Balaban J connectivity index is 2.11. The summed E-state index contributed by atoms with van der Waals surface area (Å²) in [5, 5.41) is 0. The van der Waals surface area contributed by atoms with Gasteiger partial charge in [-0.1, -0.05) is 66.7 Å². The highest BCUT2D eigenvalue weighted by atomic mass is 15.2. The summed E-state index contributed by atoms with van der Waals surface area (Å²) in [7, 11) is 0. The Hall–Kier alpha value is -2.02. The van der Waals surface area contributed by atoms with Gasteiger partial charge >= 0.3 is 0 Å². The molecule has 0 saturated heterocycles. The van der Waals surface area contributed by atoms with Crippen molar-refractivity contribution in [2.45, 2.75) is 79.2 Å². The summed E-state index contributed by atoms with van der Waals surface area (Å²) in [4.78, 5) is 2.52. The number of hydrogen-bond acceptors (Lipinski definition) is 1. The second-order valence-electron chi connectivity index (χ2n) is 8.76. The molecule has 28 heavy (non-hydrogen) atoms. The average molecular weight is 376 g/mol. The minimum absolute atomic E-state index is 0.484. The van der Waals surface area contributed by atoms with E-state index in [0.29, 0.717) is 12.0 Å². The van der Waals surface area contributed by atoms with E-state index in [1.807, 2.05) is 0 Å². The third-order valence-corrected chi connectivity index (χ3v) is 6.29. The zero-order chi connectivity index (χ0) is 20.4. The fourth-order valence-corrected chi connectivity index (χ4v) is 4.71. The fraction of sp³-hybridized carbons (Fsp3) is 0.481. The van der Waals surface area contributed by atoms with Crippen LogP contribution in [0.2, 0.25) is 0 Å². The van der Waals surface area contributed by atoms with Gasteiger partial charge in [-0.2, -0.15) is 0 Å². The number of benzene rings is 1. The van der Waals surface area contributed by atoms with Crippen LogP contribution in [0.25, 0.3) is 5.70 Å². The van der Waals surface area contributed by atoms with Crippen LogP contribution in [0.5, 0.6) is 0 Å². The van der Waals surface area contributed by atoms with Crippen molar-refractivity contribution in [3.05, 3.63) is 76.5 Å². The van der Waals surface area contributed by atoms with E-state index < -0.39 is 0 Å². The third kappa shape index (κ3) is 3.77. The van der Waals surface area contributed by atoms with Gasteiger partial charge in [-0.25, -0.2) is 0 Å². The maximum Gasteiger partial charge on any atom is 0.0491 e. The molecule has 0 N–H and O–H groups in total. The monoisotopic (exact) mass is 375 g/mol. The van der Waals surface area contributed by atoms with E-state index >= 15 is 0 Å². The summed E-state index contributed by atoms with van der Waals surface area (Å²) in [5.41, 5.74) is 10.8. The van der Waals surface area contributed by atoms with Crippen molar-refractivity contribution in [2.24, 2.45) is 5.92 Å². The first kappa shape index (κ1) is 20.7. The molecule has 0 bridgehead atoms. The SMILES string of the molecule is C=C1C=C2c3cc(CC)c(CCC)cc3CC(C(C)C)N2C=C1C(=C)CCC. The van der Waals surface area contributed by atoms with Crippen molar-refractivity contribution in [3.63, 3.8) is 0 Å². The second-order valence-corrected chi connectivity index (χ2v) is 8.76. The van der Waals surface area contributed by atoms with Crippen molar-refractivity contribution in [1.82, 2.24) is 4.90 Å². The van der Waals surface area contributed by atoms with Crippen LogP contribution in [0.4, 0.5) is 0 Å². The molecule has 1 heteroatoms. The van der Waals surface area contributed by atoms with Gasteiger partial charge in [0.15, 0.2) is 0 Å². The predicted molar refractivity (Wildman–Crippen MR) is 123 cm³/mol. The maximum atomic E-state index is 4.39. The Morgan fingerprint density at radius 2 is 1.89 bits per heavy atom. The average Bonchev–Trinajstić information content (AvgIpc) is 2.66. The molecule has 1 unspecified atom stereocenters. The zero-order valence-electron chi connectivity index (χ0n) is 18.6. The summed E-state index contributed by atoms with van der Waals surface area (Å²) in [5.74, 6) is 0.584. The van der Waals surface area contributed by atoms with Crippen molar-refractivity contribution in [3.8, 4) is 0 Å². The van der Waals surface area contributed by atoms with Crippen molar-refractivity contribution in [1.29, 1.82) is 0 Å². The summed E-state index contributed by atoms with van der Waals surface area (Å²) in [6.45, 7) is 20.2. The quantitative estimate of drug-likeness (QED) is 0.485. The van der Waals surface area contributed by atoms with Crippen LogP contribution >= 0.6 is 0 Å². The van der Waals surface area contributed by atoms with Gasteiger partial charge in [-0.05, 0) is 77.2 Å². The van der Waals surface area contributed by atoms with Gasteiger partial charge in [0.05, 0.1) is 0 Å². The van der Waals surface area contributed by atoms with Gasteiger partial charge in [0.25, 0.3) is 0 Å². The Morgan fingerprint density at radius 3 is 2.50 bits per heavy atom. The number of nitrogens with zero attached hydrogens (tertiary/aromatic N) is 1. The molecule has 3 rings (SSSR count). The van der Waals surface area contributed by atoms with Gasteiger partial charge in [0, 0.05) is 23.5 Å². The third-order valence-electron chi connectivity index (χ3n) is 6.29. The molecule has 0 amide bonds. The molecular weight excluding hydrogens is 338 g/mol. The maximum absolute atomic E-state index is 4.39. The number of fused-ring (bicyclic) bond motifs is 3. The van der Waals surface area contributed by atoms with Crippen LogP contribution in [-0.2, 0) is 19.3 Å². The lowest BCUT2D eigenvalue weighted by Gasteiger charge is -2.43. The van der Waals surface area contributed by atoms with Crippen molar-refractivity contribution >= 4 is 5.70 Å². The molecule has 150 valence electrons. The zero-order valence-corrected chi connectivity index (χ0v) is 18.6. The molecule has 1 nitrogen and oxygen atoms in total. The molecule has 2 aliphatic heterocycles. The molecule has 1 aromatic rings. The first-order chi connectivity index (χ1) is 13.4. The second kappa shape index (κ2) is 8.55. The van der Waals surface area contributed by atoms with Crippen LogP contribution in [0.15, 0.2) is 54.3 Å². The molecule has 1 aromatic carbocycles. The standard InChI is InChI=1S/C27H37N/c1-8-11-19(6)25-17-28-26(18(4)5)16-23-14-22(12-9-2)21(10-3)15-24(23)27(28)13-20(25)7/h13-15,17-18,26H,6-12,16H2,1-5H3. The van der Waals surface area contributed by atoms with Crippen LogP contribution in [0.1, 0.15) is 76.1 Å². The first-order valence-electron chi connectivity index (χ1n) is 11.1. The van der Waals surface area contributed by atoms with Crippen molar-refractivity contribution < 1.29 is 0 Å². The van der Waals surface area contributed by atoms with Gasteiger partial charge in [-0.15, -0.1) is 0 Å². The first-order valence-corrected chi connectivity index (χ1v) is 11.1. The van der Waals surface area contributed by atoms with E-state index in [0.717, 1.165) is 31.3 Å². The molecule has 2 heterocycles. The van der Waals surface area contributed by atoms with Gasteiger partial charge in [0.1, 0.15) is 0 Å². The molecule has 0 spiro atoms. The molecule has 2 aliphatic rings.